The van der Waals surface area contributed by atoms with Crippen molar-refractivity contribution in [1.29, 1.82) is 0 Å². The van der Waals surface area contributed by atoms with Crippen LogP contribution in [0.2, 0.25) is 0 Å². The van der Waals surface area contributed by atoms with Crippen molar-refractivity contribution in [2.75, 3.05) is 20.8 Å². The topological polar surface area (TPSA) is 40.5 Å². The Hall–Kier alpha value is -1.33. The smallest absolute Gasteiger partial charge is 0.337 e. The van der Waals surface area contributed by atoms with Crippen molar-refractivity contribution in [2.45, 2.75) is 6.54 Å². The number of aromatic nitrogens is 1. The van der Waals surface area contributed by atoms with E-state index in [9.17, 15) is 4.79 Å². The summed E-state index contributed by atoms with van der Waals surface area (Å²) in [6.07, 6.45) is 0. The average Bonchev–Trinajstić information content (AvgIpc) is 2.70. The number of carbonyl (C=O) groups excluding carboxylic acids is 1. The van der Waals surface area contributed by atoms with E-state index in [0.29, 0.717) is 12.2 Å². The van der Waals surface area contributed by atoms with Crippen LogP contribution < -0.4 is 0 Å². The molecule has 0 saturated carbocycles. The van der Waals surface area contributed by atoms with Crippen molar-refractivity contribution in [3.05, 3.63) is 34.4 Å². The Morgan fingerprint density at radius 2 is 2.11 bits per heavy atom. The number of benzene rings is 1. The fourth-order valence-electron chi connectivity index (χ4n) is 1.89. The van der Waals surface area contributed by atoms with Gasteiger partial charge < -0.3 is 14.0 Å². The molecule has 2 aromatic rings. The number of esters is 1. The number of hydrogen-bond acceptors (Lipinski definition) is 3. The van der Waals surface area contributed by atoms with E-state index in [1.54, 1.807) is 13.2 Å². The monoisotopic (exact) mass is 311 g/mol. The van der Waals surface area contributed by atoms with Gasteiger partial charge in [0, 0.05) is 24.6 Å². The number of hydrogen-bond donors (Lipinski definition) is 0. The van der Waals surface area contributed by atoms with Crippen LogP contribution in [0.5, 0.6) is 0 Å². The van der Waals surface area contributed by atoms with Crippen molar-refractivity contribution in [3.8, 4) is 0 Å². The third-order valence-corrected chi connectivity index (χ3v) is 3.45. The predicted molar refractivity (Wildman–Crippen MR) is 72.9 cm³/mol. The van der Waals surface area contributed by atoms with Gasteiger partial charge in [0.15, 0.2) is 0 Å². The minimum atomic E-state index is -0.322. The van der Waals surface area contributed by atoms with E-state index in [-0.39, 0.29) is 5.97 Å². The van der Waals surface area contributed by atoms with Crippen LogP contribution >= 0.6 is 15.9 Å². The Balaban J connectivity index is 2.44. The normalized spacial score (nSPS) is 10.8. The average molecular weight is 312 g/mol. The fourth-order valence-corrected chi connectivity index (χ4v) is 2.51. The summed E-state index contributed by atoms with van der Waals surface area (Å²) in [6, 6.07) is 7.50. The van der Waals surface area contributed by atoms with Crippen LogP contribution in [0.4, 0.5) is 0 Å². The van der Waals surface area contributed by atoms with Crippen molar-refractivity contribution in [2.24, 2.45) is 0 Å². The number of ether oxygens (including phenoxy) is 2. The first kappa shape index (κ1) is 13.1. The van der Waals surface area contributed by atoms with Crippen molar-refractivity contribution >= 4 is 32.8 Å². The summed E-state index contributed by atoms with van der Waals surface area (Å²) in [5.74, 6) is -0.322. The van der Waals surface area contributed by atoms with Crippen LogP contribution in [-0.2, 0) is 16.0 Å². The van der Waals surface area contributed by atoms with Gasteiger partial charge in [0.05, 0.1) is 23.9 Å². The Kier molecular flexibility index (Phi) is 4.04. The molecule has 1 aromatic heterocycles. The highest BCUT2D eigenvalue weighted by atomic mass is 79.9. The molecule has 1 heterocycles. The van der Waals surface area contributed by atoms with E-state index in [1.807, 2.05) is 18.2 Å². The van der Waals surface area contributed by atoms with Crippen LogP contribution in [0.15, 0.2) is 28.9 Å². The molecule has 0 bridgehead atoms. The third-order valence-electron chi connectivity index (χ3n) is 2.79. The molecule has 0 amide bonds. The van der Waals surface area contributed by atoms with Crippen LogP contribution in [0.1, 0.15) is 10.4 Å². The van der Waals surface area contributed by atoms with Crippen molar-refractivity contribution < 1.29 is 14.3 Å². The van der Waals surface area contributed by atoms with Crippen LogP contribution in [0, 0.1) is 0 Å². The highest BCUT2D eigenvalue weighted by molar-refractivity contribution is 9.10. The SMILES string of the molecule is COCCn1c(Br)cc2cc(C(=O)OC)ccc21. The van der Waals surface area contributed by atoms with Gasteiger partial charge in [-0.1, -0.05) is 0 Å². The summed E-state index contributed by atoms with van der Waals surface area (Å²) in [6.45, 7) is 1.40. The molecule has 0 unspecified atom stereocenters. The molecule has 0 aliphatic heterocycles. The molecule has 0 N–H and O–H groups in total. The number of carbonyl (C=O) groups is 1. The molecule has 96 valence electrons. The van der Waals surface area contributed by atoms with Gasteiger partial charge in [0.2, 0.25) is 0 Å². The molecular formula is C13H14BrNO3. The third kappa shape index (κ3) is 2.42. The lowest BCUT2D eigenvalue weighted by molar-refractivity contribution is 0.0601. The van der Waals surface area contributed by atoms with E-state index in [4.69, 9.17) is 9.47 Å². The second-order valence-corrected chi connectivity index (χ2v) is 4.69. The zero-order valence-corrected chi connectivity index (χ0v) is 11.9. The first-order chi connectivity index (χ1) is 8.67. The molecule has 0 saturated heterocycles. The van der Waals surface area contributed by atoms with Gasteiger partial charge in [0.1, 0.15) is 0 Å². The largest absolute Gasteiger partial charge is 0.465 e. The summed E-state index contributed by atoms with van der Waals surface area (Å²) in [5.41, 5.74) is 1.62. The van der Waals surface area contributed by atoms with Gasteiger partial charge in [-0.3, -0.25) is 0 Å². The van der Waals surface area contributed by atoms with Crippen LogP contribution in [-0.4, -0.2) is 31.4 Å². The highest BCUT2D eigenvalue weighted by Gasteiger charge is 2.10. The molecule has 0 aliphatic carbocycles. The number of methoxy groups -OCH3 is 2. The summed E-state index contributed by atoms with van der Waals surface area (Å²) >= 11 is 3.51. The second kappa shape index (κ2) is 5.54. The van der Waals surface area contributed by atoms with E-state index < -0.39 is 0 Å². The lowest BCUT2D eigenvalue weighted by Crippen LogP contribution is -2.04. The Bertz CT molecular complexity index is 577. The van der Waals surface area contributed by atoms with Crippen LogP contribution in [0.3, 0.4) is 0 Å². The molecule has 1 aromatic carbocycles. The second-order valence-electron chi connectivity index (χ2n) is 3.88. The van der Waals surface area contributed by atoms with Gasteiger partial charge >= 0.3 is 5.97 Å². The molecule has 4 nitrogen and oxygen atoms in total. The first-order valence-corrected chi connectivity index (χ1v) is 6.32. The summed E-state index contributed by atoms with van der Waals surface area (Å²) in [7, 11) is 3.06. The molecule has 0 atom stereocenters. The number of rotatable bonds is 4. The van der Waals surface area contributed by atoms with Crippen LogP contribution in [0.25, 0.3) is 10.9 Å². The van der Waals surface area contributed by atoms with Gasteiger partial charge in [0.25, 0.3) is 0 Å². The number of fused-ring (bicyclic) bond motifs is 1. The lowest BCUT2D eigenvalue weighted by Gasteiger charge is -2.06. The van der Waals surface area contributed by atoms with Gasteiger partial charge in [-0.15, -0.1) is 0 Å². The Morgan fingerprint density at radius 3 is 2.78 bits per heavy atom. The Labute approximate surface area is 114 Å². The molecule has 0 spiro atoms. The summed E-state index contributed by atoms with van der Waals surface area (Å²) in [4.78, 5) is 11.5. The molecule has 5 heteroatoms. The first-order valence-electron chi connectivity index (χ1n) is 5.53. The number of nitrogens with zero attached hydrogens (tertiary/aromatic N) is 1. The van der Waals surface area contributed by atoms with Gasteiger partial charge in [-0.25, -0.2) is 4.79 Å². The molecular weight excluding hydrogens is 298 g/mol. The quantitative estimate of drug-likeness (QED) is 0.815. The fraction of sp³-hybridized carbons (Fsp3) is 0.308. The zero-order valence-electron chi connectivity index (χ0n) is 10.3. The minimum Gasteiger partial charge on any atom is -0.465 e. The summed E-state index contributed by atoms with van der Waals surface area (Å²) in [5, 5.41) is 1.00. The van der Waals surface area contributed by atoms with Crippen molar-refractivity contribution in [1.82, 2.24) is 4.57 Å². The maximum Gasteiger partial charge on any atom is 0.337 e. The van der Waals surface area contributed by atoms with E-state index in [0.717, 1.165) is 22.1 Å². The lowest BCUT2D eigenvalue weighted by atomic mass is 10.1. The maximum atomic E-state index is 11.5. The predicted octanol–water partition coefficient (Wildman–Crippen LogP) is 2.84. The molecule has 18 heavy (non-hydrogen) atoms. The van der Waals surface area contributed by atoms with E-state index >= 15 is 0 Å². The van der Waals surface area contributed by atoms with Crippen molar-refractivity contribution in [3.63, 3.8) is 0 Å². The maximum absolute atomic E-state index is 11.5. The Morgan fingerprint density at radius 1 is 1.33 bits per heavy atom. The minimum absolute atomic E-state index is 0.322. The number of halogens is 1. The zero-order chi connectivity index (χ0) is 13.1. The standard InChI is InChI=1S/C13H14BrNO3/c1-17-6-5-15-11-4-3-9(13(16)18-2)7-10(11)8-12(15)14/h3-4,7-8H,5-6H2,1-2H3. The van der Waals surface area contributed by atoms with Gasteiger partial charge in [-0.2, -0.15) is 0 Å². The van der Waals surface area contributed by atoms with Gasteiger partial charge in [-0.05, 0) is 40.2 Å². The molecule has 0 aliphatic rings. The highest BCUT2D eigenvalue weighted by Crippen LogP contribution is 2.25. The van der Waals surface area contributed by atoms with E-state index in [2.05, 4.69) is 20.5 Å². The van der Waals surface area contributed by atoms with E-state index in [1.165, 1.54) is 7.11 Å². The molecule has 2 rings (SSSR count). The molecule has 0 radical (unpaired) electrons. The summed E-state index contributed by atoms with van der Waals surface area (Å²) < 4.78 is 12.9. The molecule has 0 fully saturated rings.